The molecule has 0 rings (SSSR count). The van der Waals surface area contributed by atoms with Gasteiger partial charge in [-0.1, -0.05) is 0 Å². The molecule has 48 valence electrons. The molecule has 0 aromatic carbocycles. The Hall–Kier alpha value is -0.917. The summed E-state index contributed by atoms with van der Waals surface area (Å²) in [5.41, 5.74) is 0. The standard InChI is InChI=1S/2CH2O3.Ge/c2*2-1(3)4;/h2*(H2,2,3,4);/q;;+4/p-4. The molecule has 0 saturated heterocycles. The molecule has 0 saturated carbocycles. The van der Waals surface area contributed by atoms with E-state index in [0.717, 1.165) is 0 Å². The van der Waals surface area contributed by atoms with E-state index >= 15 is 0 Å². The van der Waals surface area contributed by atoms with Gasteiger partial charge >= 0.3 is 17.6 Å². The Bertz CT molecular complexity index is 69.1. The molecule has 0 heterocycles. The summed E-state index contributed by atoms with van der Waals surface area (Å²) in [5.74, 6) is 0. The van der Waals surface area contributed by atoms with Gasteiger partial charge in [0, 0.05) is 0 Å². The van der Waals surface area contributed by atoms with Crippen LogP contribution in [0.15, 0.2) is 0 Å². The maximum atomic E-state index is 8.33. The third kappa shape index (κ3) is 218. The van der Waals surface area contributed by atoms with Crippen LogP contribution in [0.25, 0.3) is 0 Å². The van der Waals surface area contributed by atoms with Gasteiger partial charge in [0.1, 0.15) is 0 Å². The van der Waals surface area contributed by atoms with Crippen LogP contribution in [-0.4, -0.2) is 29.9 Å². The van der Waals surface area contributed by atoms with Crippen LogP contribution in [0.3, 0.4) is 0 Å². The maximum Gasteiger partial charge on any atom is 4.00 e. The molecular weight excluding hydrogens is 193 g/mol. The minimum absolute atomic E-state index is 0. The molecule has 0 atom stereocenters. The van der Waals surface area contributed by atoms with E-state index in [1.54, 1.807) is 0 Å². The molecule has 0 amide bonds. The monoisotopic (exact) mass is 194 g/mol. The van der Waals surface area contributed by atoms with Crippen molar-refractivity contribution in [3.05, 3.63) is 0 Å². The molecule has 7 heteroatoms. The van der Waals surface area contributed by atoms with E-state index in [-0.39, 0.29) is 17.6 Å². The number of hydrogen-bond acceptors (Lipinski definition) is 6. The zero-order chi connectivity index (χ0) is 7.15. The number of carboxylic acid groups (broad SMARTS) is 4. The molecule has 0 fully saturated rings. The second-order valence-electron chi connectivity index (χ2n) is 0.500. The van der Waals surface area contributed by atoms with Crippen LogP contribution in [0.4, 0.5) is 9.59 Å². The third-order valence-electron chi connectivity index (χ3n) is 0. The molecule has 0 radical (unpaired) electrons. The first-order chi connectivity index (χ1) is 3.46. The van der Waals surface area contributed by atoms with Gasteiger partial charge in [0.15, 0.2) is 0 Å². The number of hydrogen-bond donors (Lipinski definition) is 0. The Kier molecular flexibility index (Phi) is 17.7. The zero-order valence-electron chi connectivity index (χ0n) is 3.95. The largest absolute Gasteiger partial charge is 4.00 e. The topological polar surface area (TPSA) is 126 Å². The molecule has 0 aromatic heterocycles. The van der Waals surface area contributed by atoms with Crippen LogP contribution in [0.2, 0.25) is 0 Å². The van der Waals surface area contributed by atoms with Crippen molar-refractivity contribution in [3.63, 3.8) is 0 Å². The van der Waals surface area contributed by atoms with Gasteiger partial charge in [0.05, 0.1) is 0 Å². The summed E-state index contributed by atoms with van der Waals surface area (Å²) in [5, 5.41) is 33.3. The molecule has 0 aliphatic carbocycles. The minimum Gasteiger partial charge on any atom is -0.652 e. The number of carbonyl (C=O) groups is 2. The number of rotatable bonds is 0. The molecule has 0 N–H and O–H groups in total. The van der Waals surface area contributed by atoms with Gasteiger partial charge in [-0.15, -0.1) is 0 Å². The Labute approximate surface area is 60.7 Å². The van der Waals surface area contributed by atoms with E-state index in [2.05, 4.69) is 0 Å². The predicted octanol–water partition coefficient (Wildman–Crippen LogP) is -5.27. The smallest absolute Gasteiger partial charge is 0.652 e. The Morgan fingerprint density at radius 1 is 0.778 bits per heavy atom. The van der Waals surface area contributed by atoms with Gasteiger partial charge in [-0.3, -0.25) is 0 Å². The molecule has 0 aliphatic rings. The molecule has 0 aliphatic heterocycles. The van der Waals surface area contributed by atoms with Gasteiger partial charge in [-0.2, -0.15) is 0 Å². The summed E-state index contributed by atoms with van der Waals surface area (Å²) in [6.45, 7) is 0. The van der Waals surface area contributed by atoms with Crippen molar-refractivity contribution in [1.82, 2.24) is 0 Å². The van der Waals surface area contributed by atoms with E-state index in [1.807, 2.05) is 0 Å². The first-order valence-electron chi connectivity index (χ1n) is 1.22. The molecule has 6 nitrogen and oxygen atoms in total. The van der Waals surface area contributed by atoms with Gasteiger partial charge < -0.3 is 30.0 Å². The van der Waals surface area contributed by atoms with E-state index in [0.29, 0.717) is 0 Å². The normalized spacial score (nSPS) is 5.33. The summed E-state index contributed by atoms with van der Waals surface area (Å²) in [7, 11) is 0. The van der Waals surface area contributed by atoms with Crippen LogP contribution in [0, 0.1) is 0 Å². The zero-order valence-corrected chi connectivity index (χ0v) is 6.05. The SMILES string of the molecule is O=C([O-])[O-].O=C([O-])[O-].[Ge+4]. The van der Waals surface area contributed by atoms with Crippen LogP contribution >= 0.6 is 0 Å². The fourth-order valence-electron chi connectivity index (χ4n) is 0. The van der Waals surface area contributed by atoms with Crippen LogP contribution in [-0.2, 0) is 0 Å². The number of carbonyl (C=O) groups excluding carboxylic acids is 2. The van der Waals surface area contributed by atoms with E-state index in [1.165, 1.54) is 0 Å². The Balaban J connectivity index is -0.0000000720. The van der Waals surface area contributed by atoms with Gasteiger partial charge in [-0.05, 0) is 12.3 Å². The second-order valence-corrected chi connectivity index (χ2v) is 0.500. The summed E-state index contributed by atoms with van der Waals surface area (Å²) < 4.78 is 0. The van der Waals surface area contributed by atoms with Crippen molar-refractivity contribution < 1.29 is 30.0 Å². The summed E-state index contributed by atoms with van der Waals surface area (Å²) >= 11 is 0. The first kappa shape index (κ1) is 15.7. The Morgan fingerprint density at radius 3 is 0.778 bits per heavy atom. The molecule has 0 bridgehead atoms. The third-order valence-corrected chi connectivity index (χ3v) is 0. The van der Waals surface area contributed by atoms with Gasteiger partial charge in [-0.25, -0.2) is 0 Å². The quantitative estimate of drug-likeness (QED) is 0.353. The van der Waals surface area contributed by atoms with Crippen molar-refractivity contribution in [2.75, 3.05) is 0 Å². The fraction of sp³-hybridized carbons (Fsp3) is 0. The van der Waals surface area contributed by atoms with E-state index in [9.17, 15) is 0 Å². The molecule has 0 aromatic rings. The minimum atomic E-state index is -2.33. The van der Waals surface area contributed by atoms with Gasteiger partial charge in [0.25, 0.3) is 0 Å². The molecule has 9 heavy (non-hydrogen) atoms. The second kappa shape index (κ2) is 10.1. The van der Waals surface area contributed by atoms with Crippen molar-refractivity contribution in [2.24, 2.45) is 0 Å². The summed E-state index contributed by atoms with van der Waals surface area (Å²) in [4.78, 5) is 16.7. The molecular formula is C2GeO6. The van der Waals surface area contributed by atoms with Crippen LogP contribution in [0.5, 0.6) is 0 Å². The van der Waals surface area contributed by atoms with Gasteiger partial charge in [0.2, 0.25) is 0 Å². The van der Waals surface area contributed by atoms with E-state index in [4.69, 9.17) is 30.0 Å². The molecule has 0 unspecified atom stereocenters. The fourth-order valence-corrected chi connectivity index (χ4v) is 0. The predicted molar refractivity (Wildman–Crippen MR) is 16.5 cm³/mol. The maximum absolute atomic E-state index is 8.33. The van der Waals surface area contributed by atoms with Crippen molar-refractivity contribution in [1.29, 1.82) is 0 Å². The van der Waals surface area contributed by atoms with Crippen LogP contribution in [0.1, 0.15) is 0 Å². The average molecular weight is 193 g/mol. The van der Waals surface area contributed by atoms with E-state index < -0.39 is 12.3 Å². The summed E-state index contributed by atoms with van der Waals surface area (Å²) in [6.07, 6.45) is -4.67. The van der Waals surface area contributed by atoms with Crippen LogP contribution < -0.4 is 20.4 Å². The first-order valence-corrected chi connectivity index (χ1v) is 1.22. The molecule has 0 spiro atoms. The summed E-state index contributed by atoms with van der Waals surface area (Å²) in [6, 6.07) is 0. The Morgan fingerprint density at radius 2 is 0.778 bits per heavy atom. The average Bonchev–Trinajstić information content (AvgIpc) is 1.25. The van der Waals surface area contributed by atoms with Crippen molar-refractivity contribution in [3.8, 4) is 0 Å². The van der Waals surface area contributed by atoms with Crippen molar-refractivity contribution >= 4 is 29.9 Å². The van der Waals surface area contributed by atoms with Crippen molar-refractivity contribution in [2.45, 2.75) is 0 Å².